The van der Waals surface area contributed by atoms with E-state index in [9.17, 15) is 4.79 Å². The molecule has 0 atom stereocenters. The number of aromatic nitrogens is 1. The summed E-state index contributed by atoms with van der Waals surface area (Å²) in [7, 11) is 0. The Labute approximate surface area is 163 Å². The lowest BCUT2D eigenvalue weighted by Crippen LogP contribution is -2.48. The van der Waals surface area contributed by atoms with Gasteiger partial charge in [-0.3, -0.25) is 9.78 Å². The third-order valence-corrected chi connectivity index (χ3v) is 5.97. The van der Waals surface area contributed by atoms with Crippen LogP contribution in [0.3, 0.4) is 0 Å². The van der Waals surface area contributed by atoms with Crippen molar-refractivity contribution < 1.29 is 4.79 Å². The molecule has 1 amide bonds. The molecule has 1 fully saturated rings. The van der Waals surface area contributed by atoms with Crippen molar-refractivity contribution in [2.45, 2.75) is 26.2 Å². The van der Waals surface area contributed by atoms with Crippen LogP contribution in [0.15, 0.2) is 35.6 Å². The molecule has 1 aliphatic rings. The molecule has 142 valence electrons. The second-order valence-electron chi connectivity index (χ2n) is 6.57. The van der Waals surface area contributed by atoms with Gasteiger partial charge in [0.25, 0.3) is 0 Å². The molecule has 0 N–H and O–H groups in total. The van der Waals surface area contributed by atoms with Gasteiger partial charge >= 0.3 is 0 Å². The third-order valence-electron chi connectivity index (χ3n) is 4.77. The first-order valence-corrected chi connectivity index (χ1v) is 10.0. The lowest BCUT2D eigenvalue weighted by molar-refractivity contribution is -0.129. The van der Waals surface area contributed by atoms with Crippen LogP contribution in [0.25, 0.3) is 10.4 Å². The Morgan fingerprint density at radius 3 is 2.52 bits per heavy atom. The molecule has 3 heterocycles. The summed E-state index contributed by atoms with van der Waals surface area (Å²) in [4.78, 5) is 25.6. The Morgan fingerprint density at radius 2 is 1.89 bits per heavy atom. The normalized spacial score (nSPS) is 14.1. The van der Waals surface area contributed by atoms with E-state index in [1.54, 1.807) is 18.3 Å². The Kier molecular flexibility index (Phi) is 6.68. The highest BCUT2D eigenvalue weighted by molar-refractivity contribution is 7.11. The Morgan fingerprint density at radius 1 is 1.15 bits per heavy atom. The van der Waals surface area contributed by atoms with Crippen LogP contribution in [0.2, 0.25) is 0 Å². The van der Waals surface area contributed by atoms with Gasteiger partial charge in [0.05, 0.1) is 11.9 Å². The minimum Gasteiger partial charge on any atom is -0.367 e. The van der Waals surface area contributed by atoms with Gasteiger partial charge in [-0.2, -0.15) is 0 Å². The maximum Gasteiger partial charge on any atom is 0.219 e. The van der Waals surface area contributed by atoms with E-state index < -0.39 is 0 Å². The lowest BCUT2D eigenvalue weighted by Gasteiger charge is -2.35. The first-order chi connectivity index (χ1) is 13.2. The minimum absolute atomic E-state index is 0.151. The zero-order valence-corrected chi connectivity index (χ0v) is 16.4. The van der Waals surface area contributed by atoms with Crippen LogP contribution < -0.4 is 4.90 Å². The van der Waals surface area contributed by atoms with Crippen molar-refractivity contribution in [1.29, 1.82) is 0 Å². The number of carbonyl (C=O) groups excluding carboxylic acids is 1. The van der Waals surface area contributed by atoms with Crippen molar-refractivity contribution in [3.8, 4) is 0 Å². The van der Waals surface area contributed by atoms with Gasteiger partial charge < -0.3 is 9.80 Å². The standard InChI is InChI=1S/C19H24N6OS/c1-15(26)24-10-12-25(13-11-24)17-4-2-16(21-14-17)3-5-18-6-7-19(27-18)8-9-22-23-20/h2,4,6-7,14H,3,5,8-13H2,1H3. The van der Waals surface area contributed by atoms with Crippen LogP contribution in [0, 0.1) is 0 Å². The van der Waals surface area contributed by atoms with E-state index in [1.807, 2.05) is 11.1 Å². The summed E-state index contributed by atoms with van der Waals surface area (Å²) >= 11 is 1.78. The van der Waals surface area contributed by atoms with Crippen LogP contribution in [0.1, 0.15) is 22.4 Å². The van der Waals surface area contributed by atoms with E-state index in [4.69, 9.17) is 5.53 Å². The fraction of sp³-hybridized carbons (Fsp3) is 0.474. The number of azide groups is 1. The predicted molar refractivity (Wildman–Crippen MR) is 108 cm³/mol. The maximum atomic E-state index is 11.4. The number of piperazine rings is 1. The molecule has 0 radical (unpaired) electrons. The van der Waals surface area contributed by atoms with Gasteiger partial charge in [-0.1, -0.05) is 5.11 Å². The van der Waals surface area contributed by atoms with E-state index in [-0.39, 0.29) is 5.91 Å². The average molecular weight is 385 g/mol. The van der Waals surface area contributed by atoms with Crippen LogP contribution in [0.4, 0.5) is 5.69 Å². The smallest absolute Gasteiger partial charge is 0.219 e. The number of aryl methyl sites for hydroxylation is 2. The van der Waals surface area contributed by atoms with Crippen molar-refractivity contribution in [1.82, 2.24) is 9.88 Å². The molecule has 8 heteroatoms. The van der Waals surface area contributed by atoms with Crippen molar-refractivity contribution in [2.75, 3.05) is 37.6 Å². The molecule has 1 saturated heterocycles. The number of thiophene rings is 1. The molecular formula is C19H24N6OS. The second-order valence-corrected chi connectivity index (χ2v) is 7.83. The van der Waals surface area contributed by atoms with Gasteiger partial charge in [0.2, 0.25) is 5.91 Å². The number of hydrogen-bond acceptors (Lipinski definition) is 5. The number of hydrogen-bond donors (Lipinski definition) is 0. The Bertz CT molecular complexity index is 804. The van der Waals surface area contributed by atoms with Crippen LogP contribution in [-0.2, 0) is 24.1 Å². The van der Waals surface area contributed by atoms with Crippen molar-refractivity contribution in [2.24, 2.45) is 5.11 Å². The highest BCUT2D eigenvalue weighted by atomic mass is 32.1. The van der Waals surface area contributed by atoms with E-state index in [0.29, 0.717) is 6.54 Å². The summed E-state index contributed by atoms with van der Waals surface area (Å²) < 4.78 is 0. The molecule has 3 rings (SSSR count). The number of carbonyl (C=O) groups is 1. The van der Waals surface area contributed by atoms with Crippen LogP contribution in [-0.4, -0.2) is 48.5 Å². The monoisotopic (exact) mass is 384 g/mol. The molecule has 0 saturated carbocycles. The van der Waals surface area contributed by atoms with Gasteiger partial charge in [0, 0.05) is 60.0 Å². The number of amides is 1. The highest BCUT2D eigenvalue weighted by Gasteiger charge is 2.18. The zero-order chi connectivity index (χ0) is 19.1. The van der Waals surface area contributed by atoms with Crippen LogP contribution in [0.5, 0.6) is 0 Å². The van der Waals surface area contributed by atoms with Gasteiger partial charge in [-0.25, -0.2) is 0 Å². The number of pyridine rings is 1. The average Bonchev–Trinajstić information content (AvgIpc) is 3.15. The molecule has 0 bridgehead atoms. The van der Waals surface area contributed by atoms with Gasteiger partial charge in [-0.15, -0.1) is 11.3 Å². The number of rotatable bonds is 7. The first kappa shape index (κ1) is 19.2. The molecule has 27 heavy (non-hydrogen) atoms. The van der Waals surface area contributed by atoms with E-state index in [1.165, 1.54) is 9.75 Å². The fourth-order valence-electron chi connectivity index (χ4n) is 3.18. The summed E-state index contributed by atoms with van der Waals surface area (Å²) in [6.07, 6.45) is 4.63. The molecule has 1 aliphatic heterocycles. The summed E-state index contributed by atoms with van der Waals surface area (Å²) in [6, 6.07) is 8.50. The Hall–Kier alpha value is -2.57. The Balaban J connectivity index is 1.48. The quantitative estimate of drug-likeness (QED) is 0.416. The molecule has 2 aromatic rings. The van der Waals surface area contributed by atoms with E-state index in [2.05, 4.69) is 44.2 Å². The highest BCUT2D eigenvalue weighted by Crippen LogP contribution is 2.20. The van der Waals surface area contributed by atoms with E-state index in [0.717, 1.165) is 56.8 Å². The third kappa shape index (κ3) is 5.45. The van der Waals surface area contributed by atoms with Gasteiger partial charge in [-0.05, 0) is 49.1 Å². The maximum absolute atomic E-state index is 11.4. The number of nitrogens with zero attached hydrogens (tertiary/aromatic N) is 6. The van der Waals surface area contributed by atoms with E-state index >= 15 is 0 Å². The molecule has 0 aromatic carbocycles. The summed E-state index contributed by atoms with van der Waals surface area (Å²) in [5.74, 6) is 0.151. The van der Waals surface area contributed by atoms with Crippen molar-refractivity contribution in [3.05, 3.63) is 56.4 Å². The second kappa shape index (κ2) is 9.39. The molecule has 0 spiro atoms. The van der Waals surface area contributed by atoms with Gasteiger partial charge in [0.15, 0.2) is 0 Å². The van der Waals surface area contributed by atoms with Crippen molar-refractivity contribution >= 4 is 22.9 Å². The topological polar surface area (TPSA) is 85.2 Å². The number of anilines is 1. The fourth-order valence-corrected chi connectivity index (χ4v) is 4.18. The minimum atomic E-state index is 0.151. The van der Waals surface area contributed by atoms with Crippen LogP contribution >= 0.6 is 11.3 Å². The molecule has 0 aliphatic carbocycles. The lowest BCUT2D eigenvalue weighted by atomic mass is 10.2. The molecule has 7 nitrogen and oxygen atoms in total. The molecule has 0 unspecified atom stereocenters. The van der Waals surface area contributed by atoms with Gasteiger partial charge in [0.1, 0.15) is 0 Å². The summed E-state index contributed by atoms with van der Waals surface area (Å²) in [6.45, 7) is 5.40. The molecular weight excluding hydrogens is 360 g/mol. The largest absolute Gasteiger partial charge is 0.367 e. The first-order valence-electron chi connectivity index (χ1n) is 9.19. The van der Waals surface area contributed by atoms with Crippen molar-refractivity contribution in [3.63, 3.8) is 0 Å². The molecule has 2 aromatic heterocycles. The predicted octanol–water partition coefficient (Wildman–Crippen LogP) is 3.45. The SMILES string of the molecule is CC(=O)N1CCN(c2ccc(CCc3ccc(CCN=[N+]=[N-])s3)nc2)CC1. The summed E-state index contributed by atoms with van der Waals surface area (Å²) in [5.41, 5.74) is 10.5. The summed E-state index contributed by atoms with van der Waals surface area (Å²) in [5, 5.41) is 3.58. The zero-order valence-electron chi connectivity index (χ0n) is 15.5.